The summed E-state index contributed by atoms with van der Waals surface area (Å²) < 4.78 is 13.5. The first-order chi connectivity index (χ1) is 19.0. The average molecular weight is 530 g/mol. The van der Waals surface area contributed by atoms with E-state index in [-0.39, 0.29) is 31.2 Å². The summed E-state index contributed by atoms with van der Waals surface area (Å²) >= 11 is 0. The number of amides is 2. The molecule has 3 heterocycles. The van der Waals surface area contributed by atoms with Gasteiger partial charge in [-0.1, -0.05) is 36.4 Å². The van der Waals surface area contributed by atoms with Gasteiger partial charge in [-0.3, -0.25) is 19.0 Å². The number of nitrogens with two attached hydrogens (primary N) is 1. The highest BCUT2D eigenvalue weighted by molar-refractivity contribution is 6.06. The third-order valence-corrected chi connectivity index (χ3v) is 6.21. The van der Waals surface area contributed by atoms with Gasteiger partial charge < -0.3 is 25.4 Å². The second kappa shape index (κ2) is 11.7. The van der Waals surface area contributed by atoms with E-state index < -0.39 is 24.2 Å². The summed E-state index contributed by atoms with van der Waals surface area (Å²) in [5.41, 5.74) is 7.49. The number of morpholine rings is 1. The van der Waals surface area contributed by atoms with Crippen LogP contribution >= 0.6 is 0 Å². The van der Waals surface area contributed by atoms with Gasteiger partial charge in [0.2, 0.25) is 5.91 Å². The number of nitrogens with zero attached hydrogens (tertiary/aromatic N) is 5. The molecule has 5 rings (SSSR count). The molecular formula is C27H27N7O5. The summed E-state index contributed by atoms with van der Waals surface area (Å²) in [7, 11) is 0. The zero-order valence-electron chi connectivity index (χ0n) is 21.0. The molecule has 0 aliphatic carbocycles. The van der Waals surface area contributed by atoms with Crippen molar-refractivity contribution in [3.05, 3.63) is 78.9 Å². The Labute approximate surface area is 223 Å². The lowest BCUT2D eigenvalue weighted by Crippen LogP contribution is -2.47. The van der Waals surface area contributed by atoms with Crippen molar-refractivity contribution in [3.8, 4) is 0 Å². The lowest BCUT2D eigenvalue weighted by atomic mass is 10.2. The molecule has 1 aliphatic rings. The SMILES string of the molecule is NC(=O)CCC(=O)OC[C@@H]1CN(c2ccccc2)C[C@H](n2cnc3c(NC(=O)c4ccccc4)ncnc32)O1. The van der Waals surface area contributed by atoms with Crippen molar-refractivity contribution >= 4 is 40.5 Å². The maximum absolute atomic E-state index is 12.7. The number of benzene rings is 2. The van der Waals surface area contributed by atoms with Gasteiger partial charge in [0.25, 0.3) is 5.91 Å². The molecule has 0 bridgehead atoms. The Morgan fingerprint density at radius 2 is 1.72 bits per heavy atom. The number of aromatic nitrogens is 4. The topological polar surface area (TPSA) is 155 Å². The number of rotatable bonds is 9. The second-order valence-corrected chi connectivity index (χ2v) is 8.97. The van der Waals surface area contributed by atoms with Crippen LogP contribution in [0.3, 0.4) is 0 Å². The van der Waals surface area contributed by atoms with Crippen LogP contribution < -0.4 is 16.0 Å². The lowest BCUT2D eigenvalue weighted by molar-refractivity contribution is -0.153. The van der Waals surface area contributed by atoms with Gasteiger partial charge >= 0.3 is 5.97 Å². The fraction of sp³-hybridized carbons (Fsp3) is 0.259. The van der Waals surface area contributed by atoms with Crippen LogP contribution in [0.15, 0.2) is 73.3 Å². The maximum atomic E-state index is 12.7. The van der Waals surface area contributed by atoms with Crippen molar-refractivity contribution in [1.82, 2.24) is 19.5 Å². The van der Waals surface area contributed by atoms with Crippen LogP contribution in [0.5, 0.6) is 0 Å². The number of ether oxygens (including phenoxy) is 2. The Hall–Kier alpha value is -4.84. The van der Waals surface area contributed by atoms with Gasteiger partial charge in [0.05, 0.1) is 19.3 Å². The number of carbonyl (C=O) groups is 3. The zero-order chi connectivity index (χ0) is 27.2. The van der Waals surface area contributed by atoms with Crippen LogP contribution in [0.4, 0.5) is 11.5 Å². The number of imidazole rings is 1. The first-order valence-corrected chi connectivity index (χ1v) is 12.4. The molecule has 1 saturated heterocycles. The smallest absolute Gasteiger partial charge is 0.306 e. The number of hydrogen-bond donors (Lipinski definition) is 2. The minimum Gasteiger partial charge on any atom is -0.463 e. The third-order valence-electron chi connectivity index (χ3n) is 6.21. The molecule has 39 heavy (non-hydrogen) atoms. The Morgan fingerprint density at radius 1 is 0.974 bits per heavy atom. The minimum atomic E-state index is -0.565. The van der Waals surface area contributed by atoms with Gasteiger partial charge in [0.15, 0.2) is 23.2 Å². The van der Waals surface area contributed by atoms with Gasteiger partial charge in [0, 0.05) is 24.2 Å². The van der Waals surface area contributed by atoms with Crippen LogP contribution in [-0.4, -0.2) is 63.1 Å². The van der Waals surface area contributed by atoms with E-state index in [9.17, 15) is 14.4 Å². The number of carbonyl (C=O) groups excluding carboxylic acids is 3. The van der Waals surface area contributed by atoms with E-state index in [1.807, 2.05) is 36.4 Å². The highest BCUT2D eigenvalue weighted by Gasteiger charge is 2.31. The molecule has 1 fully saturated rings. The molecule has 0 spiro atoms. The van der Waals surface area contributed by atoms with E-state index in [1.54, 1.807) is 35.2 Å². The van der Waals surface area contributed by atoms with Crippen molar-refractivity contribution in [2.24, 2.45) is 5.73 Å². The van der Waals surface area contributed by atoms with E-state index in [0.717, 1.165) is 5.69 Å². The fourth-order valence-corrected chi connectivity index (χ4v) is 4.32. The van der Waals surface area contributed by atoms with Crippen LogP contribution in [0.1, 0.15) is 29.4 Å². The number of fused-ring (bicyclic) bond motifs is 1. The quantitative estimate of drug-likeness (QED) is 0.311. The zero-order valence-corrected chi connectivity index (χ0v) is 21.0. The number of para-hydroxylation sites is 1. The monoisotopic (exact) mass is 529 g/mol. The fourth-order valence-electron chi connectivity index (χ4n) is 4.32. The van der Waals surface area contributed by atoms with E-state index in [4.69, 9.17) is 15.2 Å². The number of esters is 1. The molecular weight excluding hydrogens is 502 g/mol. The minimum absolute atomic E-state index is 0.00255. The molecule has 2 amide bonds. The van der Waals surface area contributed by atoms with Gasteiger partial charge in [-0.15, -0.1) is 0 Å². The van der Waals surface area contributed by atoms with E-state index in [2.05, 4.69) is 25.2 Å². The lowest BCUT2D eigenvalue weighted by Gasteiger charge is -2.39. The number of primary amides is 1. The van der Waals surface area contributed by atoms with Crippen molar-refractivity contribution < 1.29 is 23.9 Å². The standard InChI is InChI=1S/C27H27N7O5/c28-21(35)11-12-23(36)38-15-20-13-33(19-9-5-2-6-10-19)14-22(39-20)34-17-31-24-25(29-16-30-26(24)34)32-27(37)18-7-3-1-4-8-18/h1-10,16-17,20,22H,11-15H2,(H2,28,35)(H,29,30,32,37)/t20-,22+/m0/s1. The van der Waals surface area contributed by atoms with Gasteiger partial charge in [-0.05, 0) is 24.3 Å². The van der Waals surface area contributed by atoms with Gasteiger partial charge in [-0.25, -0.2) is 15.0 Å². The Bertz CT molecular complexity index is 1460. The predicted molar refractivity (Wildman–Crippen MR) is 142 cm³/mol. The molecule has 0 unspecified atom stereocenters. The van der Waals surface area contributed by atoms with Crippen LogP contribution in [0.25, 0.3) is 11.2 Å². The summed E-state index contributed by atoms with van der Waals surface area (Å²) in [6, 6.07) is 18.6. The molecule has 2 aromatic heterocycles. The third kappa shape index (κ3) is 6.18. The van der Waals surface area contributed by atoms with Gasteiger partial charge in [0.1, 0.15) is 19.0 Å². The predicted octanol–water partition coefficient (Wildman–Crippen LogP) is 2.29. The molecule has 1 aliphatic heterocycles. The van der Waals surface area contributed by atoms with E-state index in [0.29, 0.717) is 29.8 Å². The molecule has 200 valence electrons. The number of anilines is 2. The molecule has 0 radical (unpaired) electrons. The van der Waals surface area contributed by atoms with Crippen LogP contribution in [0, 0.1) is 0 Å². The van der Waals surface area contributed by atoms with Crippen LogP contribution in [-0.2, 0) is 19.1 Å². The molecule has 4 aromatic rings. The molecule has 12 heteroatoms. The highest BCUT2D eigenvalue weighted by Crippen LogP contribution is 2.29. The average Bonchev–Trinajstić information content (AvgIpc) is 3.41. The number of hydrogen-bond acceptors (Lipinski definition) is 9. The first-order valence-electron chi connectivity index (χ1n) is 12.4. The highest BCUT2D eigenvalue weighted by atomic mass is 16.6. The van der Waals surface area contributed by atoms with E-state index in [1.165, 1.54) is 6.33 Å². The van der Waals surface area contributed by atoms with Gasteiger partial charge in [-0.2, -0.15) is 0 Å². The summed E-state index contributed by atoms with van der Waals surface area (Å²) in [5.74, 6) is -1.12. The van der Waals surface area contributed by atoms with E-state index >= 15 is 0 Å². The molecule has 12 nitrogen and oxygen atoms in total. The second-order valence-electron chi connectivity index (χ2n) is 8.97. The summed E-state index contributed by atoms with van der Waals surface area (Å²) in [5, 5.41) is 2.81. The van der Waals surface area contributed by atoms with Crippen molar-refractivity contribution in [2.45, 2.75) is 25.2 Å². The molecule has 0 saturated carbocycles. The molecule has 2 aromatic carbocycles. The first kappa shape index (κ1) is 25.8. The largest absolute Gasteiger partial charge is 0.463 e. The van der Waals surface area contributed by atoms with Crippen LogP contribution in [0.2, 0.25) is 0 Å². The Balaban J connectivity index is 1.37. The molecule has 2 atom stereocenters. The number of nitrogens with one attached hydrogen (secondary N) is 1. The van der Waals surface area contributed by atoms with Crippen molar-refractivity contribution in [3.63, 3.8) is 0 Å². The summed E-state index contributed by atoms with van der Waals surface area (Å²) in [4.78, 5) is 51.0. The Morgan fingerprint density at radius 3 is 2.46 bits per heavy atom. The maximum Gasteiger partial charge on any atom is 0.306 e. The Kier molecular flexibility index (Phi) is 7.73. The summed E-state index contributed by atoms with van der Waals surface area (Å²) in [6.07, 6.45) is 1.77. The van der Waals surface area contributed by atoms with Crippen molar-refractivity contribution in [2.75, 3.05) is 29.9 Å². The summed E-state index contributed by atoms with van der Waals surface area (Å²) in [6.45, 7) is 0.943. The molecule has 3 N–H and O–H groups in total. The van der Waals surface area contributed by atoms with Crippen molar-refractivity contribution in [1.29, 1.82) is 0 Å². The normalized spacial score (nSPS) is 17.1.